The summed E-state index contributed by atoms with van der Waals surface area (Å²) in [5.74, 6) is -3.95. The molecule has 0 radical (unpaired) electrons. The maximum atomic E-state index is 15.5. The number of unbranched alkanes of at least 4 members (excludes halogenated alkanes) is 1. The number of carbonyl (C=O) groups is 7. The molecular formula is C76H102FN9O20. The van der Waals surface area contributed by atoms with Crippen LogP contribution in [0.3, 0.4) is 0 Å². The number of aromatic nitrogens is 2. The summed E-state index contributed by atoms with van der Waals surface area (Å²) in [6, 6.07) is 15.0. The van der Waals surface area contributed by atoms with E-state index in [2.05, 4.69) is 33.5 Å². The molecule has 3 aromatic carbocycles. The molecule has 3 aliphatic heterocycles. The summed E-state index contributed by atoms with van der Waals surface area (Å²) in [6.45, 7) is 12.8. The van der Waals surface area contributed by atoms with Gasteiger partial charge in [-0.2, -0.15) is 0 Å². The van der Waals surface area contributed by atoms with Crippen molar-refractivity contribution in [3.8, 4) is 11.4 Å². The standard InChI is InChI=1S/C76H102FN9O20/c1-4-25-96-27-29-98-31-33-100-35-37-102-39-41-104-42-40-103-38-36-101-34-32-99-30-28-97-26-22-65(87)81-62(43-51-12-7-6-8-13-51)71(90)83-60(14-9-10-23-78)70(89)79-46-66(88)85-24-11-15-63(85)72(91)80-53-18-16-52(17-19-53)48-106-75(94)84-59-21-20-54-50(3)58(77)45-61-67(54)68(59)55-47-86-64(69(55)82-61)44-57-56(73(86)92)49-105-74(93)76(57,95)5-2/h6-8,12-13,16-19,44-45,59-60,62-63,95H,4-5,9-11,14-15,20-43,46-49,78H2,1-3H3,(H,79,89)(H,80,91)(H,81,87)(H,83,90)(H,84,94)/t59-,60+,62+,63+,76-/m0/s1. The molecule has 9 rings (SSSR count). The fourth-order valence-corrected chi connectivity index (χ4v) is 13.2. The van der Waals surface area contributed by atoms with Crippen LogP contribution in [0.25, 0.3) is 22.3 Å². The third-order valence-electron chi connectivity index (χ3n) is 18.9. The van der Waals surface area contributed by atoms with Crippen LogP contribution in [0.2, 0.25) is 0 Å². The number of esters is 1. The summed E-state index contributed by atoms with van der Waals surface area (Å²) < 4.78 is 77.6. The molecule has 1 saturated heterocycles. The van der Waals surface area contributed by atoms with Gasteiger partial charge in [-0.25, -0.2) is 19.0 Å². The Hall–Kier alpha value is -8.40. The Morgan fingerprint density at radius 1 is 0.717 bits per heavy atom. The van der Waals surface area contributed by atoms with Gasteiger partial charge in [-0.1, -0.05) is 56.3 Å². The molecule has 5 heterocycles. The molecule has 578 valence electrons. The van der Waals surface area contributed by atoms with E-state index in [1.54, 1.807) is 44.2 Å². The first-order valence-electron chi connectivity index (χ1n) is 36.8. The molecule has 0 spiro atoms. The van der Waals surface area contributed by atoms with E-state index in [9.17, 15) is 43.5 Å². The number of rotatable bonds is 47. The minimum Gasteiger partial charge on any atom is -0.458 e. The summed E-state index contributed by atoms with van der Waals surface area (Å²) >= 11 is 0. The van der Waals surface area contributed by atoms with Crippen LogP contribution in [0.5, 0.6) is 0 Å². The highest BCUT2D eigenvalue weighted by Crippen LogP contribution is 2.46. The van der Waals surface area contributed by atoms with Gasteiger partial charge in [0, 0.05) is 54.3 Å². The van der Waals surface area contributed by atoms with Gasteiger partial charge in [0.1, 0.15) is 37.2 Å². The van der Waals surface area contributed by atoms with E-state index in [0.717, 1.165) is 24.2 Å². The fraction of sp³-hybridized carbons (Fsp3) is 0.566. The molecule has 5 aromatic rings. The number of aliphatic hydroxyl groups is 1. The number of fused-ring (bicyclic) bond motifs is 5. The van der Waals surface area contributed by atoms with Crippen molar-refractivity contribution >= 4 is 58.2 Å². The van der Waals surface area contributed by atoms with Crippen molar-refractivity contribution in [1.29, 1.82) is 0 Å². The number of hydrogen-bond donors (Lipinski definition) is 7. The first-order chi connectivity index (χ1) is 51.5. The van der Waals surface area contributed by atoms with Gasteiger partial charge >= 0.3 is 12.1 Å². The number of alkyl carbamates (subject to hydrolysis) is 1. The number of halogens is 1. The fourth-order valence-electron chi connectivity index (χ4n) is 13.2. The van der Waals surface area contributed by atoms with Crippen molar-refractivity contribution in [3.63, 3.8) is 0 Å². The van der Waals surface area contributed by atoms with E-state index in [-0.39, 0.29) is 82.9 Å². The predicted octanol–water partition coefficient (Wildman–Crippen LogP) is 4.78. The molecule has 1 aliphatic carbocycles. The first-order valence-corrected chi connectivity index (χ1v) is 36.8. The van der Waals surface area contributed by atoms with Crippen LogP contribution in [0.4, 0.5) is 14.9 Å². The summed E-state index contributed by atoms with van der Waals surface area (Å²) in [5.41, 5.74) is 8.89. The SMILES string of the molecule is CCCOCCOCCOCCOCCOCCOCCOCCOCCOCCC(=O)N[C@H](Cc1ccccc1)C(=O)N[C@H](CCCCN)C(=O)NCC(=O)N1CCC[C@@H]1C(=O)Nc1ccc(COC(=O)N[C@H]2CCc3c(C)c(F)cc4nc5c(c2c34)Cn2c-5cc3c(c2=O)COC(=O)[C@]3(O)CC)cc1. The Morgan fingerprint density at radius 2 is 1.33 bits per heavy atom. The van der Waals surface area contributed by atoms with Gasteiger partial charge in [-0.3, -0.25) is 28.8 Å². The van der Waals surface area contributed by atoms with Crippen LogP contribution in [-0.4, -0.2) is 218 Å². The third-order valence-corrected chi connectivity index (χ3v) is 18.9. The summed E-state index contributed by atoms with van der Waals surface area (Å²) in [4.78, 5) is 116. The maximum Gasteiger partial charge on any atom is 0.407 e. The van der Waals surface area contributed by atoms with E-state index >= 15 is 4.39 Å². The number of nitrogens with zero attached hydrogens (tertiary/aromatic N) is 3. The Morgan fingerprint density at radius 3 is 1.93 bits per heavy atom. The molecule has 2 aromatic heterocycles. The zero-order valence-corrected chi connectivity index (χ0v) is 60.9. The second-order valence-corrected chi connectivity index (χ2v) is 26.2. The van der Waals surface area contributed by atoms with E-state index in [1.165, 1.54) is 15.5 Å². The number of amides is 6. The number of pyridine rings is 2. The number of carbonyl (C=O) groups excluding carboxylic acids is 7. The monoisotopic (exact) mass is 1480 g/mol. The third kappa shape index (κ3) is 22.8. The topological polar surface area (TPSA) is 366 Å². The van der Waals surface area contributed by atoms with Crippen LogP contribution in [0.15, 0.2) is 71.5 Å². The zero-order valence-electron chi connectivity index (χ0n) is 60.9. The van der Waals surface area contributed by atoms with Crippen LogP contribution in [0.1, 0.15) is 122 Å². The van der Waals surface area contributed by atoms with E-state index in [0.29, 0.717) is 188 Å². The molecule has 0 unspecified atom stereocenters. The number of nitrogens with two attached hydrogens (primary N) is 1. The lowest BCUT2D eigenvalue weighted by molar-refractivity contribution is -0.172. The maximum absolute atomic E-state index is 15.5. The van der Waals surface area contributed by atoms with Gasteiger partial charge in [0.15, 0.2) is 5.60 Å². The van der Waals surface area contributed by atoms with E-state index in [1.807, 2.05) is 30.3 Å². The lowest BCUT2D eigenvalue weighted by Crippen LogP contribution is -2.55. The van der Waals surface area contributed by atoms with Crippen LogP contribution < -0.4 is 37.9 Å². The number of hydrogen-bond acceptors (Lipinski definition) is 22. The molecule has 5 atom stereocenters. The summed E-state index contributed by atoms with van der Waals surface area (Å²) in [5, 5.41) is 26.3. The Labute approximate surface area is 616 Å². The summed E-state index contributed by atoms with van der Waals surface area (Å²) in [7, 11) is 0. The largest absolute Gasteiger partial charge is 0.458 e. The number of nitrogens with one attached hydrogen (secondary N) is 5. The minimum absolute atomic E-state index is 0.0429. The van der Waals surface area contributed by atoms with Crippen molar-refractivity contribution < 1.29 is 95.2 Å². The Balaban J connectivity index is 0.669. The highest BCUT2D eigenvalue weighted by atomic mass is 19.1. The highest BCUT2D eigenvalue weighted by molar-refractivity contribution is 5.99. The van der Waals surface area contributed by atoms with Gasteiger partial charge in [0.05, 0.1) is 154 Å². The lowest BCUT2D eigenvalue weighted by atomic mass is 9.81. The van der Waals surface area contributed by atoms with E-state index in [4.69, 9.17) is 62.8 Å². The number of cyclic esters (lactones) is 1. The smallest absolute Gasteiger partial charge is 0.407 e. The van der Waals surface area contributed by atoms with E-state index < -0.39 is 89.3 Å². The van der Waals surface area contributed by atoms with Crippen LogP contribution >= 0.6 is 0 Å². The van der Waals surface area contributed by atoms with Gasteiger partial charge in [-0.15, -0.1) is 0 Å². The van der Waals surface area contributed by atoms with Gasteiger partial charge in [0.25, 0.3) is 5.56 Å². The molecule has 0 bridgehead atoms. The zero-order chi connectivity index (χ0) is 75.2. The first kappa shape index (κ1) is 81.7. The number of benzene rings is 3. The van der Waals surface area contributed by atoms with Crippen molar-refractivity contribution in [2.45, 2.75) is 141 Å². The van der Waals surface area contributed by atoms with Crippen molar-refractivity contribution in [2.24, 2.45) is 5.73 Å². The van der Waals surface area contributed by atoms with Crippen LogP contribution in [0, 0.1) is 12.7 Å². The second kappa shape index (κ2) is 42.2. The number of likely N-dealkylation sites (tertiary alicyclic amines) is 1. The van der Waals surface area contributed by atoms with Crippen LogP contribution in [-0.2, 0) is 119 Å². The average molecular weight is 1480 g/mol. The molecule has 4 aliphatic rings. The molecule has 1 fully saturated rings. The number of ether oxygens (including phenoxy) is 11. The quantitative estimate of drug-likeness (QED) is 0.0200. The van der Waals surface area contributed by atoms with Crippen molar-refractivity contribution in [3.05, 3.63) is 127 Å². The van der Waals surface area contributed by atoms with Gasteiger partial charge in [-0.05, 0) is 117 Å². The minimum atomic E-state index is -2.05. The average Bonchev–Trinajstić information content (AvgIpc) is 1.49. The summed E-state index contributed by atoms with van der Waals surface area (Å²) in [6.07, 6.45) is 3.16. The molecule has 0 saturated carbocycles. The number of anilines is 1. The molecular weight excluding hydrogens is 1380 g/mol. The van der Waals surface area contributed by atoms with Crippen molar-refractivity contribution in [1.82, 2.24) is 35.7 Å². The van der Waals surface area contributed by atoms with Gasteiger partial charge in [0.2, 0.25) is 29.5 Å². The Bertz CT molecular complexity index is 3810. The molecule has 29 nitrogen and oxygen atoms in total. The van der Waals surface area contributed by atoms with Crippen molar-refractivity contribution in [2.75, 3.05) is 144 Å². The number of aryl methyl sites for hydroxylation is 1. The Kier molecular flexibility index (Phi) is 32.5. The molecule has 8 N–H and O–H groups in total. The highest BCUT2D eigenvalue weighted by Gasteiger charge is 2.46. The molecule has 106 heavy (non-hydrogen) atoms. The molecule has 6 amide bonds. The van der Waals surface area contributed by atoms with Gasteiger partial charge < -0.3 is 99.0 Å². The second-order valence-electron chi connectivity index (χ2n) is 26.2. The predicted molar refractivity (Wildman–Crippen MR) is 386 cm³/mol. The normalized spacial score (nSPS) is 16.9. The molecule has 30 heteroatoms. The lowest BCUT2D eigenvalue weighted by Gasteiger charge is -2.31.